The van der Waals surface area contributed by atoms with Gasteiger partial charge in [0.15, 0.2) is 0 Å². The Hall–Kier alpha value is -1.62. The van der Waals surface area contributed by atoms with Crippen LogP contribution < -0.4 is 16.8 Å². The van der Waals surface area contributed by atoms with Gasteiger partial charge in [-0.1, -0.05) is 0 Å². The van der Waals surface area contributed by atoms with Crippen LogP contribution >= 0.6 is 0 Å². The molecule has 1 aromatic rings. The molecule has 5 N–H and O–H groups in total. The summed E-state index contributed by atoms with van der Waals surface area (Å²) in [6.45, 7) is 4.34. The molecular formula is C13H20N4O. The lowest BCUT2D eigenvalue weighted by molar-refractivity contribution is 0.1000. The number of carbonyl (C=O) groups excluding carboxylic acids is 1. The highest BCUT2D eigenvalue weighted by molar-refractivity contribution is 5.99. The third-order valence-electron chi connectivity index (χ3n) is 3.33. The van der Waals surface area contributed by atoms with Crippen molar-refractivity contribution >= 4 is 11.6 Å². The van der Waals surface area contributed by atoms with Gasteiger partial charge in [-0.05, 0) is 38.7 Å². The van der Waals surface area contributed by atoms with Gasteiger partial charge in [-0.25, -0.2) is 0 Å². The largest absolute Gasteiger partial charge is 0.383 e. The van der Waals surface area contributed by atoms with Gasteiger partial charge in [0, 0.05) is 18.3 Å². The van der Waals surface area contributed by atoms with E-state index in [1.165, 1.54) is 12.8 Å². The fourth-order valence-electron chi connectivity index (χ4n) is 2.20. The Labute approximate surface area is 107 Å². The van der Waals surface area contributed by atoms with E-state index in [0.29, 0.717) is 23.7 Å². The second kappa shape index (κ2) is 4.94. The van der Waals surface area contributed by atoms with E-state index in [0.717, 1.165) is 11.4 Å². The molecule has 18 heavy (non-hydrogen) atoms. The van der Waals surface area contributed by atoms with Gasteiger partial charge in [-0.3, -0.25) is 9.78 Å². The van der Waals surface area contributed by atoms with Crippen LogP contribution in [0.3, 0.4) is 0 Å². The molecule has 1 fully saturated rings. The Morgan fingerprint density at radius 1 is 1.56 bits per heavy atom. The monoisotopic (exact) mass is 248 g/mol. The van der Waals surface area contributed by atoms with Crippen LogP contribution in [0.5, 0.6) is 0 Å². The van der Waals surface area contributed by atoms with Crippen molar-refractivity contribution in [1.29, 1.82) is 0 Å². The van der Waals surface area contributed by atoms with E-state index < -0.39 is 5.91 Å². The topological polar surface area (TPSA) is 94.0 Å². The van der Waals surface area contributed by atoms with Crippen LogP contribution in [0.25, 0.3) is 0 Å². The molecule has 2 rings (SSSR count). The summed E-state index contributed by atoms with van der Waals surface area (Å²) < 4.78 is 0. The smallest absolute Gasteiger partial charge is 0.252 e. The third-order valence-corrected chi connectivity index (χ3v) is 3.33. The highest BCUT2D eigenvalue weighted by Gasteiger charge is 2.28. The lowest BCUT2D eigenvalue weighted by atomic mass is 10.1. The zero-order valence-electron chi connectivity index (χ0n) is 10.9. The number of amides is 1. The van der Waals surface area contributed by atoms with Crippen LogP contribution in [0.1, 0.15) is 34.6 Å². The standard InChI is InChI=1S/C13H20N4O/c1-7-5-11(12(13(15)18)8(2)17-7)16-6-10(14)9-3-4-9/h5,9-10H,3-4,6,14H2,1-2H3,(H2,15,18)(H,16,17). The molecule has 1 atom stereocenters. The molecule has 0 bridgehead atoms. The van der Waals surface area contributed by atoms with Crippen molar-refractivity contribution in [2.75, 3.05) is 11.9 Å². The normalized spacial score (nSPS) is 16.4. The van der Waals surface area contributed by atoms with E-state index in [9.17, 15) is 4.79 Å². The number of pyridine rings is 1. The molecule has 1 aliphatic rings. The molecule has 0 aliphatic heterocycles. The zero-order valence-corrected chi connectivity index (χ0v) is 10.9. The van der Waals surface area contributed by atoms with Gasteiger partial charge in [0.05, 0.1) is 16.9 Å². The molecule has 1 heterocycles. The lowest BCUT2D eigenvalue weighted by Crippen LogP contribution is -2.32. The number of aromatic nitrogens is 1. The third kappa shape index (κ3) is 2.79. The number of rotatable bonds is 5. The summed E-state index contributed by atoms with van der Waals surface area (Å²) in [6.07, 6.45) is 2.42. The first kappa shape index (κ1) is 12.8. The fourth-order valence-corrected chi connectivity index (χ4v) is 2.20. The van der Waals surface area contributed by atoms with Gasteiger partial charge in [0.25, 0.3) is 5.91 Å². The van der Waals surface area contributed by atoms with Crippen LogP contribution in [0.4, 0.5) is 5.69 Å². The zero-order chi connectivity index (χ0) is 13.3. The van der Waals surface area contributed by atoms with Crippen molar-refractivity contribution in [3.63, 3.8) is 0 Å². The van der Waals surface area contributed by atoms with Crippen LogP contribution in [-0.2, 0) is 0 Å². The average Bonchev–Trinajstić information content (AvgIpc) is 3.07. The van der Waals surface area contributed by atoms with E-state index >= 15 is 0 Å². The van der Waals surface area contributed by atoms with Gasteiger partial charge in [-0.2, -0.15) is 0 Å². The maximum Gasteiger partial charge on any atom is 0.252 e. The maximum atomic E-state index is 11.5. The van der Waals surface area contributed by atoms with E-state index in [-0.39, 0.29) is 6.04 Å². The van der Waals surface area contributed by atoms with Gasteiger partial charge < -0.3 is 16.8 Å². The van der Waals surface area contributed by atoms with E-state index in [1.807, 2.05) is 13.0 Å². The van der Waals surface area contributed by atoms with Crippen molar-refractivity contribution < 1.29 is 4.79 Å². The molecule has 5 heteroatoms. The van der Waals surface area contributed by atoms with Crippen LogP contribution in [-0.4, -0.2) is 23.5 Å². The Morgan fingerprint density at radius 2 is 2.22 bits per heavy atom. The summed E-state index contributed by atoms with van der Waals surface area (Å²) >= 11 is 0. The molecule has 1 aromatic heterocycles. The van der Waals surface area contributed by atoms with Gasteiger partial charge in [0.1, 0.15) is 0 Å². The molecule has 1 unspecified atom stereocenters. The number of hydrogen-bond donors (Lipinski definition) is 3. The Kier molecular flexibility index (Phi) is 3.52. The highest BCUT2D eigenvalue weighted by atomic mass is 16.1. The summed E-state index contributed by atoms with van der Waals surface area (Å²) in [5.41, 5.74) is 14.1. The summed E-state index contributed by atoms with van der Waals surface area (Å²) in [5.74, 6) is 0.168. The molecule has 0 radical (unpaired) electrons. The molecule has 1 saturated carbocycles. The van der Waals surface area contributed by atoms with Crippen molar-refractivity contribution in [2.45, 2.75) is 32.7 Å². The minimum absolute atomic E-state index is 0.138. The maximum absolute atomic E-state index is 11.5. The Bertz CT molecular complexity index is 468. The van der Waals surface area contributed by atoms with Crippen LogP contribution in [0.15, 0.2) is 6.07 Å². The summed E-state index contributed by atoms with van der Waals surface area (Å²) in [4.78, 5) is 15.7. The van der Waals surface area contributed by atoms with E-state index in [4.69, 9.17) is 11.5 Å². The molecule has 5 nitrogen and oxygen atoms in total. The first-order valence-electron chi connectivity index (χ1n) is 6.26. The predicted octanol–water partition coefficient (Wildman–Crippen LogP) is 0.947. The Morgan fingerprint density at radius 3 is 2.78 bits per heavy atom. The molecule has 1 amide bonds. The van der Waals surface area contributed by atoms with Crippen molar-refractivity contribution in [1.82, 2.24) is 4.98 Å². The summed E-state index contributed by atoms with van der Waals surface area (Å²) in [6, 6.07) is 1.98. The Balaban J connectivity index is 2.16. The summed E-state index contributed by atoms with van der Waals surface area (Å²) in [7, 11) is 0. The molecular weight excluding hydrogens is 228 g/mol. The molecule has 0 saturated heterocycles. The van der Waals surface area contributed by atoms with E-state index in [2.05, 4.69) is 10.3 Å². The van der Waals surface area contributed by atoms with Crippen molar-refractivity contribution in [3.8, 4) is 0 Å². The average molecular weight is 248 g/mol. The second-order valence-electron chi connectivity index (χ2n) is 5.02. The molecule has 0 spiro atoms. The minimum Gasteiger partial charge on any atom is -0.383 e. The number of carbonyl (C=O) groups is 1. The molecule has 1 aliphatic carbocycles. The number of primary amides is 1. The van der Waals surface area contributed by atoms with Gasteiger partial charge >= 0.3 is 0 Å². The lowest BCUT2D eigenvalue weighted by Gasteiger charge is -2.16. The minimum atomic E-state index is -0.456. The van der Waals surface area contributed by atoms with Gasteiger partial charge in [0.2, 0.25) is 0 Å². The number of nitrogens with zero attached hydrogens (tertiary/aromatic N) is 1. The van der Waals surface area contributed by atoms with Crippen LogP contribution in [0.2, 0.25) is 0 Å². The first-order chi connectivity index (χ1) is 8.49. The van der Waals surface area contributed by atoms with Gasteiger partial charge in [-0.15, -0.1) is 0 Å². The predicted molar refractivity (Wildman–Crippen MR) is 71.4 cm³/mol. The number of nitrogens with one attached hydrogen (secondary N) is 1. The molecule has 0 aromatic carbocycles. The highest BCUT2D eigenvalue weighted by Crippen LogP contribution is 2.31. The number of nitrogens with two attached hydrogens (primary N) is 2. The summed E-state index contributed by atoms with van der Waals surface area (Å²) in [5, 5.41) is 3.23. The number of aryl methyl sites for hydroxylation is 2. The fraction of sp³-hybridized carbons (Fsp3) is 0.538. The SMILES string of the molecule is Cc1cc(NCC(N)C2CC2)c(C(N)=O)c(C)n1. The van der Waals surface area contributed by atoms with Crippen LogP contribution in [0, 0.1) is 19.8 Å². The molecule has 98 valence electrons. The number of hydrogen-bond acceptors (Lipinski definition) is 4. The first-order valence-corrected chi connectivity index (χ1v) is 6.26. The second-order valence-corrected chi connectivity index (χ2v) is 5.02. The van der Waals surface area contributed by atoms with Crippen molar-refractivity contribution in [3.05, 3.63) is 23.0 Å². The van der Waals surface area contributed by atoms with E-state index in [1.54, 1.807) is 6.92 Å². The number of anilines is 1. The quantitative estimate of drug-likeness (QED) is 0.723. The van der Waals surface area contributed by atoms with Crippen molar-refractivity contribution in [2.24, 2.45) is 17.4 Å².